The maximum absolute atomic E-state index is 12.7. The summed E-state index contributed by atoms with van der Waals surface area (Å²) in [4.78, 5) is 11.7. The third kappa shape index (κ3) is 5.65. The molecule has 0 fully saturated rings. The minimum absolute atomic E-state index is 0.0380. The van der Waals surface area contributed by atoms with Crippen molar-refractivity contribution in [3.05, 3.63) is 64.4 Å². The van der Waals surface area contributed by atoms with Gasteiger partial charge in [-0.25, -0.2) is 4.39 Å². The van der Waals surface area contributed by atoms with Crippen molar-refractivity contribution >= 4 is 27.5 Å². The van der Waals surface area contributed by atoms with Gasteiger partial charge in [-0.2, -0.15) is 0 Å². The zero-order chi connectivity index (χ0) is 15.1. The van der Waals surface area contributed by atoms with Crippen LogP contribution in [-0.2, 0) is 11.3 Å². The Labute approximate surface area is 131 Å². The predicted molar refractivity (Wildman–Crippen MR) is 85.5 cm³/mol. The zero-order valence-electron chi connectivity index (χ0n) is 11.4. The van der Waals surface area contributed by atoms with Crippen molar-refractivity contribution in [2.24, 2.45) is 0 Å². The van der Waals surface area contributed by atoms with Crippen LogP contribution in [0.1, 0.15) is 12.0 Å². The summed E-state index contributed by atoms with van der Waals surface area (Å²) in [6.45, 7) is 1.19. The second-order valence-electron chi connectivity index (χ2n) is 4.61. The van der Waals surface area contributed by atoms with Gasteiger partial charge in [0, 0.05) is 29.7 Å². The molecule has 0 aliphatic carbocycles. The van der Waals surface area contributed by atoms with E-state index in [9.17, 15) is 9.18 Å². The minimum Gasteiger partial charge on any atom is -0.326 e. The van der Waals surface area contributed by atoms with Crippen LogP contribution >= 0.6 is 15.9 Å². The molecule has 0 aliphatic heterocycles. The second-order valence-corrected chi connectivity index (χ2v) is 5.52. The lowest BCUT2D eigenvalue weighted by atomic mass is 10.2. The van der Waals surface area contributed by atoms with Gasteiger partial charge in [0.05, 0.1) is 0 Å². The Morgan fingerprint density at radius 1 is 1.05 bits per heavy atom. The Morgan fingerprint density at radius 2 is 1.71 bits per heavy atom. The smallest absolute Gasteiger partial charge is 0.225 e. The van der Waals surface area contributed by atoms with Crippen molar-refractivity contribution in [3.8, 4) is 0 Å². The number of nitrogens with one attached hydrogen (secondary N) is 2. The number of amides is 1. The van der Waals surface area contributed by atoms with Crippen LogP contribution in [0.5, 0.6) is 0 Å². The first-order chi connectivity index (χ1) is 10.1. The minimum atomic E-state index is -0.243. The molecule has 0 saturated heterocycles. The summed E-state index contributed by atoms with van der Waals surface area (Å²) in [6.07, 6.45) is 0.386. The summed E-state index contributed by atoms with van der Waals surface area (Å²) in [7, 11) is 0. The number of hydrogen-bond donors (Lipinski definition) is 2. The van der Waals surface area contributed by atoms with Gasteiger partial charge in [0.15, 0.2) is 0 Å². The van der Waals surface area contributed by atoms with Gasteiger partial charge in [-0.1, -0.05) is 28.1 Å². The molecule has 0 radical (unpaired) electrons. The molecule has 0 unspecified atom stereocenters. The molecule has 0 saturated carbocycles. The molecule has 2 aromatic carbocycles. The fraction of sp³-hybridized carbons (Fsp3) is 0.188. The molecular formula is C16H16BrFN2O. The van der Waals surface area contributed by atoms with Crippen LogP contribution in [0.4, 0.5) is 10.1 Å². The highest BCUT2D eigenvalue weighted by molar-refractivity contribution is 9.10. The maximum Gasteiger partial charge on any atom is 0.225 e. The molecule has 110 valence electrons. The van der Waals surface area contributed by atoms with E-state index < -0.39 is 0 Å². The van der Waals surface area contributed by atoms with E-state index in [1.165, 1.54) is 12.1 Å². The van der Waals surface area contributed by atoms with E-state index in [-0.39, 0.29) is 11.7 Å². The highest BCUT2D eigenvalue weighted by atomic mass is 79.9. The standard InChI is InChI=1S/C16H16BrFN2O/c17-13-3-7-15(8-4-13)20-16(21)9-10-19-11-12-1-5-14(18)6-2-12/h1-8,19H,9-11H2,(H,20,21). The normalized spacial score (nSPS) is 10.4. The third-order valence-electron chi connectivity index (χ3n) is 2.90. The molecule has 2 aromatic rings. The monoisotopic (exact) mass is 350 g/mol. The summed E-state index contributed by atoms with van der Waals surface area (Å²) in [5.41, 5.74) is 1.77. The Balaban J connectivity index is 1.67. The number of carbonyl (C=O) groups is 1. The summed E-state index contributed by atoms with van der Waals surface area (Å²) in [6, 6.07) is 13.7. The third-order valence-corrected chi connectivity index (χ3v) is 3.43. The van der Waals surface area contributed by atoms with Gasteiger partial charge in [-0.3, -0.25) is 4.79 Å². The average Bonchev–Trinajstić information content (AvgIpc) is 2.48. The first-order valence-electron chi connectivity index (χ1n) is 6.64. The molecule has 21 heavy (non-hydrogen) atoms. The largest absolute Gasteiger partial charge is 0.326 e. The van der Waals surface area contributed by atoms with Gasteiger partial charge in [-0.05, 0) is 42.0 Å². The average molecular weight is 351 g/mol. The van der Waals surface area contributed by atoms with Gasteiger partial charge in [0.2, 0.25) is 5.91 Å². The van der Waals surface area contributed by atoms with Crippen LogP contribution in [0.2, 0.25) is 0 Å². The van der Waals surface area contributed by atoms with Crippen molar-refractivity contribution in [1.82, 2.24) is 5.32 Å². The number of anilines is 1. The molecular weight excluding hydrogens is 335 g/mol. The van der Waals surface area contributed by atoms with Crippen molar-refractivity contribution < 1.29 is 9.18 Å². The molecule has 0 atom stereocenters. The molecule has 0 bridgehead atoms. The highest BCUT2D eigenvalue weighted by Gasteiger charge is 2.02. The van der Waals surface area contributed by atoms with Gasteiger partial charge >= 0.3 is 0 Å². The fourth-order valence-electron chi connectivity index (χ4n) is 1.79. The first-order valence-corrected chi connectivity index (χ1v) is 7.43. The predicted octanol–water partition coefficient (Wildman–Crippen LogP) is 3.71. The number of rotatable bonds is 6. The fourth-order valence-corrected chi connectivity index (χ4v) is 2.06. The first kappa shape index (κ1) is 15.7. The molecule has 2 N–H and O–H groups in total. The van der Waals surface area contributed by atoms with E-state index in [2.05, 4.69) is 26.6 Å². The van der Waals surface area contributed by atoms with Gasteiger partial charge in [0.25, 0.3) is 0 Å². The Hall–Kier alpha value is -1.72. The van der Waals surface area contributed by atoms with E-state index in [0.717, 1.165) is 15.7 Å². The lowest BCUT2D eigenvalue weighted by Gasteiger charge is -2.07. The van der Waals surface area contributed by atoms with E-state index >= 15 is 0 Å². The van der Waals surface area contributed by atoms with Crippen molar-refractivity contribution in [1.29, 1.82) is 0 Å². The topological polar surface area (TPSA) is 41.1 Å². The van der Waals surface area contributed by atoms with Gasteiger partial charge < -0.3 is 10.6 Å². The second kappa shape index (κ2) is 7.90. The molecule has 1 amide bonds. The Kier molecular flexibility index (Phi) is 5.90. The number of halogens is 2. The van der Waals surface area contributed by atoms with Crippen LogP contribution in [0.25, 0.3) is 0 Å². The number of carbonyl (C=O) groups excluding carboxylic acids is 1. The summed E-state index contributed by atoms with van der Waals surface area (Å²) >= 11 is 3.34. The molecule has 0 aliphatic rings. The van der Waals surface area contributed by atoms with Crippen molar-refractivity contribution in [2.45, 2.75) is 13.0 Å². The summed E-state index contributed by atoms with van der Waals surface area (Å²) < 4.78 is 13.7. The van der Waals surface area contributed by atoms with Crippen LogP contribution in [-0.4, -0.2) is 12.5 Å². The highest BCUT2D eigenvalue weighted by Crippen LogP contribution is 2.14. The van der Waals surface area contributed by atoms with Crippen molar-refractivity contribution in [2.75, 3.05) is 11.9 Å². The van der Waals surface area contributed by atoms with Crippen LogP contribution in [0.3, 0.4) is 0 Å². The van der Waals surface area contributed by atoms with E-state index in [1.807, 2.05) is 24.3 Å². The quantitative estimate of drug-likeness (QED) is 0.779. The Morgan fingerprint density at radius 3 is 2.38 bits per heavy atom. The van der Waals surface area contributed by atoms with Crippen LogP contribution in [0.15, 0.2) is 53.0 Å². The lowest BCUT2D eigenvalue weighted by Crippen LogP contribution is -2.21. The number of hydrogen-bond acceptors (Lipinski definition) is 2. The van der Waals surface area contributed by atoms with Crippen LogP contribution in [0, 0.1) is 5.82 Å². The molecule has 0 aromatic heterocycles. The summed E-state index contributed by atoms with van der Waals surface area (Å²) in [5, 5.41) is 5.98. The van der Waals surface area contributed by atoms with E-state index in [4.69, 9.17) is 0 Å². The van der Waals surface area contributed by atoms with Crippen molar-refractivity contribution in [3.63, 3.8) is 0 Å². The van der Waals surface area contributed by atoms with E-state index in [1.54, 1.807) is 12.1 Å². The Bertz CT molecular complexity index is 584. The maximum atomic E-state index is 12.7. The molecule has 5 heteroatoms. The molecule has 0 heterocycles. The molecule has 0 spiro atoms. The van der Waals surface area contributed by atoms with Crippen LogP contribution < -0.4 is 10.6 Å². The van der Waals surface area contributed by atoms with Gasteiger partial charge in [-0.15, -0.1) is 0 Å². The SMILES string of the molecule is O=C(CCNCc1ccc(F)cc1)Nc1ccc(Br)cc1. The zero-order valence-corrected chi connectivity index (χ0v) is 13.0. The molecule has 3 nitrogen and oxygen atoms in total. The van der Waals surface area contributed by atoms with Gasteiger partial charge in [0.1, 0.15) is 5.82 Å². The summed E-state index contributed by atoms with van der Waals surface area (Å²) in [5.74, 6) is -0.281. The number of benzene rings is 2. The lowest BCUT2D eigenvalue weighted by molar-refractivity contribution is -0.116. The molecule has 2 rings (SSSR count). The van der Waals surface area contributed by atoms with E-state index in [0.29, 0.717) is 19.5 Å².